The van der Waals surface area contributed by atoms with E-state index in [2.05, 4.69) is 41.2 Å². The number of halogens is 1. The highest BCUT2D eigenvalue weighted by molar-refractivity contribution is 9.10. The van der Waals surface area contributed by atoms with E-state index in [0.717, 1.165) is 16.6 Å². The Morgan fingerprint density at radius 1 is 1.41 bits per heavy atom. The van der Waals surface area contributed by atoms with Crippen molar-refractivity contribution in [3.63, 3.8) is 0 Å². The van der Waals surface area contributed by atoms with Crippen LogP contribution in [0.5, 0.6) is 0 Å². The summed E-state index contributed by atoms with van der Waals surface area (Å²) in [7, 11) is 0. The number of nitrogens with one attached hydrogen (secondary N) is 1. The van der Waals surface area contributed by atoms with E-state index in [9.17, 15) is 5.11 Å². The van der Waals surface area contributed by atoms with Gasteiger partial charge in [0, 0.05) is 17.4 Å². The van der Waals surface area contributed by atoms with E-state index in [1.165, 1.54) is 0 Å². The highest BCUT2D eigenvalue weighted by Gasteiger charge is 2.20. The van der Waals surface area contributed by atoms with Crippen molar-refractivity contribution in [1.82, 2.24) is 5.32 Å². The molecule has 0 aliphatic heterocycles. The lowest BCUT2D eigenvalue weighted by atomic mass is 9.96. The zero-order valence-electron chi connectivity index (χ0n) is 10.8. The van der Waals surface area contributed by atoms with E-state index in [1.54, 1.807) is 0 Å². The number of benzene rings is 1. The molecule has 2 nitrogen and oxygen atoms in total. The molecular weight excluding hydrogens is 278 g/mol. The van der Waals surface area contributed by atoms with Crippen LogP contribution in [0.15, 0.2) is 28.7 Å². The molecule has 0 heterocycles. The third-order valence-electron chi connectivity index (χ3n) is 2.53. The second kappa shape index (κ2) is 6.53. The topological polar surface area (TPSA) is 32.3 Å². The average Bonchev–Trinajstić information content (AvgIpc) is 2.15. The van der Waals surface area contributed by atoms with Crippen LogP contribution in [0.4, 0.5) is 0 Å². The molecule has 1 unspecified atom stereocenters. The van der Waals surface area contributed by atoms with Crippen molar-refractivity contribution in [2.75, 3.05) is 13.1 Å². The van der Waals surface area contributed by atoms with Crippen LogP contribution >= 0.6 is 15.9 Å². The summed E-state index contributed by atoms with van der Waals surface area (Å²) in [5.74, 6) is 0.608. The average molecular weight is 300 g/mol. The van der Waals surface area contributed by atoms with Gasteiger partial charge in [-0.3, -0.25) is 0 Å². The Morgan fingerprint density at radius 3 is 2.71 bits per heavy atom. The minimum absolute atomic E-state index is 0.608. The molecule has 0 amide bonds. The largest absolute Gasteiger partial charge is 0.389 e. The first-order valence-corrected chi connectivity index (χ1v) is 6.86. The Balaban J connectivity index is 2.48. The monoisotopic (exact) mass is 299 g/mol. The van der Waals surface area contributed by atoms with Crippen molar-refractivity contribution >= 4 is 15.9 Å². The van der Waals surface area contributed by atoms with Gasteiger partial charge < -0.3 is 10.4 Å². The fourth-order valence-corrected chi connectivity index (χ4v) is 2.23. The van der Waals surface area contributed by atoms with Crippen molar-refractivity contribution in [2.24, 2.45) is 5.92 Å². The molecule has 17 heavy (non-hydrogen) atoms. The van der Waals surface area contributed by atoms with Crippen molar-refractivity contribution in [3.05, 3.63) is 34.3 Å². The number of hydrogen-bond acceptors (Lipinski definition) is 2. The first-order chi connectivity index (χ1) is 7.89. The van der Waals surface area contributed by atoms with Crippen LogP contribution in [-0.2, 0) is 6.42 Å². The maximum atomic E-state index is 10.3. The standard InChI is InChI=1S/C14H22BrNO/c1-11(2)9-16-10-14(3,17)8-12-5-4-6-13(15)7-12/h4-7,11,16-17H,8-10H2,1-3H3. The van der Waals surface area contributed by atoms with E-state index >= 15 is 0 Å². The van der Waals surface area contributed by atoms with Crippen LogP contribution in [0.1, 0.15) is 26.3 Å². The van der Waals surface area contributed by atoms with Gasteiger partial charge in [-0.05, 0) is 37.1 Å². The number of hydrogen-bond donors (Lipinski definition) is 2. The molecule has 0 saturated heterocycles. The minimum Gasteiger partial charge on any atom is -0.389 e. The van der Waals surface area contributed by atoms with E-state index in [0.29, 0.717) is 18.9 Å². The first-order valence-electron chi connectivity index (χ1n) is 6.06. The van der Waals surface area contributed by atoms with Gasteiger partial charge in [-0.2, -0.15) is 0 Å². The Bertz CT molecular complexity index is 350. The van der Waals surface area contributed by atoms with Gasteiger partial charge in [0.2, 0.25) is 0 Å². The zero-order valence-corrected chi connectivity index (χ0v) is 12.4. The van der Waals surface area contributed by atoms with Crippen LogP contribution in [0, 0.1) is 5.92 Å². The highest BCUT2D eigenvalue weighted by Crippen LogP contribution is 2.17. The van der Waals surface area contributed by atoms with Crippen LogP contribution in [0.3, 0.4) is 0 Å². The highest BCUT2D eigenvalue weighted by atomic mass is 79.9. The molecule has 1 aromatic carbocycles. The third kappa shape index (κ3) is 6.20. The van der Waals surface area contributed by atoms with E-state index in [-0.39, 0.29) is 0 Å². The summed E-state index contributed by atoms with van der Waals surface area (Å²) in [6.45, 7) is 7.76. The Kier molecular flexibility index (Phi) is 5.63. The Morgan fingerprint density at radius 2 is 2.12 bits per heavy atom. The van der Waals surface area contributed by atoms with Gasteiger partial charge in [0.25, 0.3) is 0 Å². The van der Waals surface area contributed by atoms with Crippen molar-refractivity contribution in [3.8, 4) is 0 Å². The summed E-state index contributed by atoms with van der Waals surface area (Å²) in [4.78, 5) is 0. The molecule has 0 aliphatic rings. The Labute approximate surface area is 113 Å². The van der Waals surface area contributed by atoms with Gasteiger partial charge in [0.05, 0.1) is 5.60 Å². The summed E-state index contributed by atoms with van der Waals surface area (Å²) in [5.41, 5.74) is 0.450. The molecule has 0 fully saturated rings. The fraction of sp³-hybridized carbons (Fsp3) is 0.571. The smallest absolute Gasteiger partial charge is 0.0783 e. The molecule has 0 spiro atoms. The molecule has 3 heteroatoms. The van der Waals surface area contributed by atoms with E-state index in [1.807, 2.05) is 25.1 Å². The molecule has 2 N–H and O–H groups in total. The lowest BCUT2D eigenvalue weighted by molar-refractivity contribution is 0.0596. The lowest BCUT2D eigenvalue weighted by Gasteiger charge is -2.24. The van der Waals surface area contributed by atoms with E-state index in [4.69, 9.17) is 0 Å². The summed E-state index contributed by atoms with van der Waals surface area (Å²) in [6.07, 6.45) is 0.664. The van der Waals surface area contributed by atoms with Crippen molar-refractivity contribution in [2.45, 2.75) is 32.8 Å². The van der Waals surface area contributed by atoms with Gasteiger partial charge in [-0.15, -0.1) is 0 Å². The van der Waals surface area contributed by atoms with Gasteiger partial charge >= 0.3 is 0 Å². The van der Waals surface area contributed by atoms with Crippen molar-refractivity contribution < 1.29 is 5.11 Å². The second-order valence-electron chi connectivity index (χ2n) is 5.33. The van der Waals surface area contributed by atoms with Crippen LogP contribution < -0.4 is 5.32 Å². The Hall–Kier alpha value is -0.380. The SMILES string of the molecule is CC(C)CNCC(C)(O)Cc1cccc(Br)c1. The van der Waals surface area contributed by atoms with Crippen LogP contribution in [0.2, 0.25) is 0 Å². The lowest BCUT2D eigenvalue weighted by Crippen LogP contribution is -2.40. The molecule has 1 aromatic rings. The number of rotatable bonds is 6. The second-order valence-corrected chi connectivity index (χ2v) is 6.24. The molecule has 0 saturated carbocycles. The van der Waals surface area contributed by atoms with Gasteiger partial charge in [-0.1, -0.05) is 41.9 Å². The molecule has 0 radical (unpaired) electrons. The van der Waals surface area contributed by atoms with Gasteiger partial charge in [-0.25, -0.2) is 0 Å². The molecule has 1 rings (SSSR count). The summed E-state index contributed by atoms with van der Waals surface area (Å²) in [6, 6.07) is 8.09. The molecule has 96 valence electrons. The molecular formula is C14H22BrNO. The summed E-state index contributed by atoms with van der Waals surface area (Å²) >= 11 is 3.44. The zero-order chi connectivity index (χ0) is 12.9. The molecule has 1 atom stereocenters. The van der Waals surface area contributed by atoms with Gasteiger partial charge in [0.15, 0.2) is 0 Å². The third-order valence-corrected chi connectivity index (χ3v) is 3.03. The maximum Gasteiger partial charge on any atom is 0.0783 e. The van der Waals surface area contributed by atoms with Crippen LogP contribution in [0.25, 0.3) is 0 Å². The van der Waals surface area contributed by atoms with Crippen molar-refractivity contribution in [1.29, 1.82) is 0 Å². The molecule has 0 aromatic heterocycles. The molecule has 0 aliphatic carbocycles. The normalized spacial score (nSPS) is 14.9. The number of aliphatic hydroxyl groups is 1. The predicted molar refractivity (Wildman–Crippen MR) is 76.2 cm³/mol. The maximum absolute atomic E-state index is 10.3. The predicted octanol–water partition coefficient (Wildman–Crippen LogP) is 2.99. The minimum atomic E-state index is -0.699. The summed E-state index contributed by atoms with van der Waals surface area (Å²) in [5, 5.41) is 13.6. The molecule has 0 bridgehead atoms. The fourth-order valence-electron chi connectivity index (χ4n) is 1.78. The van der Waals surface area contributed by atoms with Gasteiger partial charge in [0.1, 0.15) is 0 Å². The van der Waals surface area contributed by atoms with Crippen LogP contribution in [-0.4, -0.2) is 23.8 Å². The summed E-state index contributed by atoms with van der Waals surface area (Å²) < 4.78 is 1.06. The van der Waals surface area contributed by atoms with E-state index < -0.39 is 5.60 Å². The first kappa shape index (κ1) is 14.7. The quantitative estimate of drug-likeness (QED) is 0.846.